The van der Waals surface area contributed by atoms with Gasteiger partial charge in [-0.2, -0.15) is 11.8 Å². The van der Waals surface area contributed by atoms with Crippen LogP contribution in [0.4, 0.5) is 0 Å². The van der Waals surface area contributed by atoms with Crippen LogP contribution in [0.25, 0.3) is 0 Å². The third-order valence-corrected chi connectivity index (χ3v) is 4.46. The van der Waals surface area contributed by atoms with E-state index >= 15 is 0 Å². The van der Waals surface area contributed by atoms with E-state index < -0.39 is 0 Å². The summed E-state index contributed by atoms with van der Waals surface area (Å²) in [6.45, 7) is 6.61. The Morgan fingerprint density at radius 3 is 1.84 bits per heavy atom. The van der Waals surface area contributed by atoms with Gasteiger partial charge in [0.25, 0.3) is 0 Å². The molecule has 0 saturated carbocycles. The molecule has 0 amide bonds. The van der Waals surface area contributed by atoms with Crippen molar-refractivity contribution in [1.82, 2.24) is 0 Å². The smallest absolute Gasteiger partial charge is 0.130 e. The second-order valence-electron chi connectivity index (χ2n) is 4.57. The van der Waals surface area contributed by atoms with E-state index in [1.807, 2.05) is 23.9 Å². The van der Waals surface area contributed by atoms with Crippen molar-refractivity contribution in [3.63, 3.8) is 0 Å². The summed E-state index contributed by atoms with van der Waals surface area (Å²) in [6.07, 6.45) is 0. The van der Waals surface area contributed by atoms with Crippen molar-refractivity contribution < 1.29 is 14.2 Å². The summed E-state index contributed by atoms with van der Waals surface area (Å²) in [5, 5.41) is 0.348. The van der Waals surface area contributed by atoms with Crippen molar-refractivity contribution in [3.8, 4) is 17.2 Å². The molecular formula is C15H24O3S. The highest BCUT2D eigenvalue weighted by Gasteiger charge is 2.25. The Balaban J connectivity index is 3.36. The van der Waals surface area contributed by atoms with Crippen LogP contribution in [-0.4, -0.2) is 27.1 Å². The Labute approximate surface area is 120 Å². The minimum atomic E-state index is 0.348. The van der Waals surface area contributed by atoms with E-state index in [1.54, 1.807) is 21.3 Å². The van der Waals surface area contributed by atoms with Crippen LogP contribution >= 0.6 is 11.8 Å². The fraction of sp³-hybridized carbons (Fsp3) is 0.600. The van der Waals surface area contributed by atoms with Crippen molar-refractivity contribution in [2.24, 2.45) is 5.92 Å². The second kappa shape index (κ2) is 7.53. The van der Waals surface area contributed by atoms with Crippen LogP contribution in [0.3, 0.4) is 0 Å². The van der Waals surface area contributed by atoms with Crippen molar-refractivity contribution in [1.29, 1.82) is 0 Å². The maximum atomic E-state index is 5.53. The molecule has 19 heavy (non-hydrogen) atoms. The van der Waals surface area contributed by atoms with Gasteiger partial charge in [0.15, 0.2) is 0 Å². The Morgan fingerprint density at radius 1 is 1.00 bits per heavy atom. The van der Waals surface area contributed by atoms with Gasteiger partial charge < -0.3 is 14.2 Å². The third kappa shape index (κ3) is 3.72. The molecule has 1 rings (SSSR count). The summed E-state index contributed by atoms with van der Waals surface area (Å²) < 4.78 is 16.4. The van der Waals surface area contributed by atoms with Gasteiger partial charge in [-0.3, -0.25) is 0 Å². The number of methoxy groups -OCH3 is 3. The fourth-order valence-corrected chi connectivity index (χ4v) is 3.24. The van der Waals surface area contributed by atoms with Gasteiger partial charge in [-0.05, 0) is 11.7 Å². The van der Waals surface area contributed by atoms with E-state index in [0.29, 0.717) is 11.2 Å². The Kier molecular flexibility index (Phi) is 6.35. The molecule has 3 nitrogen and oxygen atoms in total. The molecule has 0 saturated heterocycles. The minimum absolute atomic E-state index is 0.348. The minimum Gasteiger partial charge on any atom is -0.496 e. The van der Waals surface area contributed by atoms with Crippen LogP contribution in [0.5, 0.6) is 17.2 Å². The monoisotopic (exact) mass is 284 g/mol. The van der Waals surface area contributed by atoms with Crippen LogP contribution in [0, 0.1) is 5.92 Å². The predicted molar refractivity (Wildman–Crippen MR) is 81.8 cm³/mol. The molecule has 0 heterocycles. The van der Waals surface area contributed by atoms with Crippen LogP contribution in [-0.2, 0) is 0 Å². The largest absolute Gasteiger partial charge is 0.496 e. The average Bonchev–Trinajstić information content (AvgIpc) is 2.43. The molecule has 0 radical (unpaired) electrons. The lowest BCUT2D eigenvalue weighted by molar-refractivity contribution is 0.365. The molecule has 0 fully saturated rings. The lowest BCUT2D eigenvalue weighted by atomic mass is 10.00. The zero-order valence-corrected chi connectivity index (χ0v) is 13.5. The van der Waals surface area contributed by atoms with E-state index in [1.165, 1.54) is 0 Å². The van der Waals surface area contributed by atoms with Gasteiger partial charge in [-0.15, -0.1) is 0 Å². The standard InChI is InChI=1S/C15H24O3S/c1-7-19-15(10(2)3)14-12(17-5)8-11(16-4)9-13(14)18-6/h8-10,15H,7H2,1-6H3. The van der Waals surface area contributed by atoms with Gasteiger partial charge in [0.05, 0.1) is 21.3 Å². The molecule has 0 aliphatic rings. The van der Waals surface area contributed by atoms with Gasteiger partial charge in [-0.25, -0.2) is 0 Å². The summed E-state index contributed by atoms with van der Waals surface area (Å²) >= 11 is 1.91. The maximum Gasteiger partial charge on any atom is 0.130 e. The second-order valence-corrected chi connectivity index (χ2v) is 5.98. The molecule has 4 heteroatoms. The van der Waals surface area contributed by atoms with E-state index in [2.05, 4.69) is 20.8 Å². The zero-order chi connectivity index (χ0) is 14.4. The first-order valence-corrected chi connectivity index (χ1v) is 7.55. The normalized spacial score (nSPS) is 12.4. The Hall–Kier alpha value is -1.03. The molecule has 0 aliphatic carbocycles. The fourth-order valence-electron chi connectivity index (χ4n) is 2.10. The molecule has 0 N–H and O–H groups in total. The van der Waals surface area contributed by atoms with E-state index in [-0.39, 0.29) is 0 Å². The van der Waals surface area contributed by atoms with Crippen molar-refractivity contribution in [2.45, 2.75) is 26.0 Å². The summed E-state index contributed by atoms with van der Waals surface area (Å²) in [5.41, 5.74) is 1.12. The first-order chi connectivity index (χ1) is 9.08. The van der Waals surface area contributed by atoms with Gasteiger partial charge in [0.1, 0.15) is 17.2 Å². The number of ether oxygens (including phenoxy) is 3. The number of thioether (sulfide) groups is 1. The summed E-state index contributed by atoms with van der Waals surface area (Å²) in [4.78, 5) is 0. The lowest BCUT2D eigenvalue weighted by Gasteiger charge is -2.25. The van der Waals surface area contributed by atoms with E-state index in [9.17, 15) is 0 Å². The first-order valence-electron chi connectivity index (χ1n) is 6.50. The van der Waals surface area contributed by atoms with Crippen molar-refractivity contribution in [2.75, 3.05) is 27.1 Å². The SMILES string of the molecule is CCSC(c1c(OC)cc(OC)cc1OC)C(C)C. The van der Waals surface area contributed by atoms with Crippen molar-refractivity contribution in [3.05, 3.63) is 17.7 Å². The lowest BCUT2D eigenvalue weighted by Crippen LogP contribution is -2.08. The zero-order valence-electron chi connectivity index (χ0n) is 12.6. The summed E-state index contributed by atoms with van der Waals surface area (Å²) in [6, 6.07) is 3.84. The van der Waals surface area contributed by atoms with Crippen LogP contribution in [0.2, 0.25) is 0 Å². The molecule has 1 atom stereocenters. The molecule has 0 bridgehead atoms. The van der Waals surface area contributed by atoms with E-state index in [4.69, 9.17) is 14.2 Å². The van der Waals surface area contributed by atoms with E-state index in [0.717, 1.165) is 28.6 Å². The average molecular weight is 284 g/mol. The first kappa shape index (κ1) is 16.0. The Morgan fingerprint density at radius 2 is 1.53 bits per heavy atom. The molecular weight excluding hydrogens is 260 g/mol. The molecule has 1 aromatic rings. The molecule has 0 aromatic heterocycles. The van der Waals surface area contributed by atoms with Crippen LogP contribution in [0.1, 0.15) is 31.6 Å². The molecule has 108 valence electrons. The molecule has 1 aromatic carbocycles. The highest BCUT2D eigenvalue weighted by Crippen LogP contribution is 2.46. The van der Waals surface area contributed by atoms with Crippen LogP contribution in [0.15, 0.2) is 12.1 Å². The number of rotatable bonds is 7. The molecule has 1 unspecified atom stereocenters. The number of hydrogen-bond donors (Lipinski definition) is 0. The number of benzene rings is 1. The predicted octanol–water partition coefficient (Wildman–Crippen LogP) is 4.16. The quantitative estimate of drug-likeness (QED) is 0.751. The highest BCUT2D eigenvalue weighted by molar-refractivity contribution is 7.99. The highest BCUT2D eigenvalue weighted by atomic mass is 32.2. The number of hydrogen-bond acceptors (Lipinski definition) is 4. The van der Waals surface area contributed by atoms with Crippen molar-refractivity contribution >= 4 is 11.8 Å². The topological polar surface area (TPSA) is 27.7 Å². The van der Waals surface area contributed by atoms with Crippen LogP contribution < -0.4 is 14.2 Å². The summed E-state index contributed by atoms with van der Waals surface area (Å²) in [5.74, 6) is 3.97. The molecule has 0 aliphatic heterocycles. The van der Waals surface area contributed by atoms with Gasteiger partial charge >= 0.3 is 0 Å². The molecule has 0 spiro atoms. The van der Waals surface area contributed by atoms with Gasteiger partial charge in [0.2, 0.25) is 0 Å². The van der Waals surface area contributed by atoms with Gasteiger partial charge in [0, 0.05) is 22.9 Å². The summed E-state index contributed by atoms with van der Waals surface area (Å²) in [7, 11) is 5.02. The van der Waals surface area contributed by atoms with Gasteiger partial charge in [-0.1, -0.05) is 20.8 Å². The third-order valence-electron chi connectivity index (χ3n) is 2.99. The maximum absolute atomic E-state index is 5.53. The Bertz CT molecular complexity index is 379.